The number of ether oxygens (including phenoxy) is 2. The van der Waals surface area contributed by atoms with Gasteiger partial charge >= 0.3 is 0 Å². The molecule has 3 unspecified atom stereocenters. The minimum atomic E-state index is -1.24. The van der Waals surface area contributed by atoms with Crippen molar-refractivity contribution >= 4 is 5.91 Å². The Kier molecular flexibility index (Phi) is 5.28. The number of aliphatic hydroxyl groups is 3. The van der Waals surface area contributed by atoms with Gasteiger partial charge in [-0.3, -0.25) is 4.79 Å². The van der Waals surface area contributed by atoms with Crippen molar-refractivity contribution in [3.05, 3.63) is 0 Å². The molecule has 1 aliphatic heterocycles. The van der Waals surface area contributed by atoms with E-state index < -0.39 is 42.2 Å². The monoisotopic (exact) mass is 277 g/mol. The number of carbonyl (C=O) groups is 1. The van der Waals surface area contributed by atoms with Crippen LogP contribution in [0.5, 0.6) is 0 Å². The van der Waals surface area contributed by atoms with E-state index in [2.05, 4.69) is 5.32 Å². The first-order valence-electron chi connectivity index (χ1n) is 6.22. The van der Waals surface area contributed by atoms with Crippen LogP contribution in [0.4, 0.5) is 0 Å². The van der Waals surface area contributed by atoms with Crippen LogP contribution >= 0.6 is 0 Å². The summed E-state index contributed by atoms with van der Waals surface area (Å²) in [5, 5.41) is 31.8. The number of rotatable bonds is 4. The second-order valence-electron chi connectivity index (χ2n) is 5.51. The smallest absolute Gasteiger partial charge is 0.223 e. The maximum absolute atomic E-state index is 11.8. The predicted octanol–water partition coefficient (Wildman–Crippen LogP) is -1.25. The average Bonchev–Trinajstić information content (AvgIpc) is 2.22. The maximum Gasteiger partial charge on any atom is 0.223 e. The number of amides is 1. The second-order valence-corrected chi connectivity index (χ2v) is 5.51. The van der Waals surface area contributed by atoms with Crippen molar-refractivity contribution in [2.24, 2.45) is 0 Å². The van der Waals surface area contributed by atoms with Gasteiger partial charge in [-0.2, -0.15) is 0 Å². The molecule has 1 fully saturated rings. The molecule has 7 heteroatoms. The van der Waals surface area contributed by atoms with Crippen LogP contribution < -0.4 is 5.32 Å². The minimum absolute atomic E-state index is 0.0941. The summed E-state index contributed by atoms with van der Waals surface area (Å²) < 4.78 is 10.1. The maximum atomic E-state index is 11.8. The number of hydrogen-bond acceptors (Lipinski definition) is 6. The first-order chi connectivity index (χ1) is 8.65. The molecule has 19 heavy (non-hydrogen) atoms. The van der Waals surface area contributed by atoms with Crippen LogP contribution in [0.1, 0.15) is 27.2 Å². The van der Waals surface area contributed by atoms with Crippen LogP contribution in [0.2, 0.25) is 0 Å². The molecule has 0 aromatic carbocycles. The van der Waals surface area contributed by atoms with Crippen LogP contribution in [0.15, 0.2) is 0 Å². The molecular formula is C12H23NO6. The molecule has 5 atom stereocenters. The standard InChI is InChI=1S/C12H23NO6/c1-6-8(13-7(14)5-12(2,3)17)9(15)10(18-4)11(16)19-6/h6,8-11,15-17H,5H2,1-4H3,(H,13,14)/t6?,8-,9?,10?,11-/m1/s1. The van der Waals surface area contributed by atoms with E-state index in [9.17, 15) is 20.1 Å². The summed E-state index contributed by atoms with van der Waals surface area (Å²) in [6.07, 6.45) is -3.92. The van der Waals surface area contributed by atoms with E-state index >= 15 is 0 Å². The van der Waals surface area contributed by atoms with Gasteiger partial charge in [0.1, 0.15) is 12.2 Å². The normalized spacial score (nSPS) is 36.1. The highest BCUT2D eigenvalue weighted by Crippen LogP contribution is 2.22. The van der Waals surface area contributed by atoms with Gasteiger partial charge in [0.25, 0.3) is 0 Å². The average molecular weight is 277 g/mol. The SMILES string of the molecule is COC1C(O)[C@H](NC(=O)CC(C)(C)O)C(C)O[C@H]1O. The lowest BCUT2D eigenvalue weighted by molar-refractivity contribution is -0.259. The van der Waals surface area contributed by atoms with Crippen molar-refractivity contribution in [1.82, 2.24) is 5.32 Å². The Morgan fingerprint density at radius 2 is 2.00 bits per heavy atom. The predicted molar refractivity (Wildman–Crippen MR) is 66.2 cm³/mol. The van der Waals surface area contributed by atoms with E-state index in [4.69, 9.17) is 9.47 Å². The van der Waals surface area contributed by atoms with Gasteiger partial charge < -0.3 is 30.1 Å². The van der Waals surface area contributed by atoms with E-state index in [0.29, 0.717) is 0 Å². The van der Waals surface area contributed by atoms with Gasteiger partial charge in [-0.1, -0.05) is 0 Å². The molecule has 1 amide bonds. The zero-order chi connectivity index (χ0) is 14.8. The summed E-state index contributed by atoms with van der Waals surface area (Å²) in [6.45, 7) is 4.67. The van der Waals surface area contributed by atoms with E-state index in [0.717, 1.165) is 0 Å². The van der Waals surface area contributed by atoms with Gasteiger partial charge in [0.2, 0.25) is 5.91 Å². The quantitative estimate of drug-likeness (QED) is 0.511. The lowest BCUT2D eigenvalue weighted by Gasteiger charge is -2.41. The fourth-order valence-corrected chi connectivity index (χ4v) is 2.12. The summed E-state index contributed by atoms with van der Waals surface area (Å²) in [5.41, 5.74) is -1.13. The highest BCUT2D eigenvalue weighted by Gasteiger charge is 2.43. The molecule has 1 aliphatic rings. The third-order valence-electron chi connectivity index (χ3n) is 3.04. The van der Waals surface area contributed by atoms with Crippen molar-refractivity contribution in [3.8, 4) is 0 Å². The molecule has 0 bridgehead atoms. The summed E-state index contributed by atoms with van der Waals surface area (Å²) in [6, 6.07) is -0.705. The molecule has 0 aromatic rings. The van der Waals surface area contributed by atoms with Gasteiger partial charge in [-0.15, -0.1) is 0 Å². The summed E-state index contributed by atoms with van der Waals surface area (Å²) >= 11 is 0. The summed E-state index contributed by atoms with van der Waals surface area (Å²) in [7, 11) is 1.34. The van der Waals surface area contributed by atoms with Crippen LogP contribution in [-0.4, -0.2) is 64.6 Å². The Morgan fingerprint density at radius 1 is 1.42 bits per heavy atom. The van der Waals surface area contributed by atoms with Crippen LogP contribution in [0.3, 0.4) is 0 Å². The Bertz CT molecular complexity index is 316. The largest absolute Gasteiger partial charge is 0.390 e. The molecular weight excluding hydrogens is 254 g/mol. The van der Waals surface area contributed by atoms with Crippen LogP contribution in [0.25, 0.3) is 0 Å². The van der Waals surface area contributed by atoms with Gasteiger partial charge in [0.05, 0.1) is 24.2 Å². The number of methoxy groups -OCH3 is 1. The van der Waals surface area contributed by atoms with E-state index in [1.807, 2.05) is 0 Å². The zero-order valence-electron chi connectivity index (χ0n) is 11.7. The van der Waals surface area contributed by atoms with Crippen molar-refractivity contribution < 1.29 is 29.6 Å². The number of nitrogens with one attached hydrogen (secondary N) is 1. The fraction of sp³-hybridized carbons (Fsp3) is 0.917. The van der Waals surface area contributed by atoms with E-state index in [1.165, 1.54) is 21.0 Å². The molecule has 0 aliphatic carbocycles. The molecule has 1 heterocycles. The molecule has 7 nitrogen and oxygen atoms in total. The second kappa shape index (κ2) is 6.15. The molecule has 0 aromatic heterocycles. The van der Waals surface area contributed by atoms with Crippen molar-refractivity contribution in [2.45, 2.75) is 63.4 Å². The Labute approximate surface area is 112 Å². The minimum Gasteiger partial charge on any atom is -0.390 e. The molecule has 4 N–H and O–H groups in total. The molecule has 0 spiro atoms. The fourth-order valence-electron chi connectivity index (χ4n) is 2.12. The van der Waals surface area contributed by atoms with Gasteiger partial charge in [0.15, 0.2) is 6.29 Å². The third kappa shape index (κ3) is 4.39. The highest BCUT2D eigenvalue weighted by atomic mass is 16.6. The Hall–Kier alpha value is -0.730. The van der Waals surface area contributed by atoms with E-state index in [-0.39, 0.29) is 6.42 Å². The summed E-state index contributed by atoms with van der Waals surface area (Å²) in [4.78, 5) is 11.8. The number of aliphatic hydroxyl groups excluding tert-OH is 2. The molecule has 1 saturated heterocycles. The lowest BCUT2D eigenvalue weighted by atomic mass is 9.96. The van der Waals surface area contributed by atoms with Gasteiger partial charge in [-0.05, 0) is 20.8 Å². The van der Waals surface area contributed by atoms with Crippen molar-refractivity contribution in [2.75, 3.05) is 7.11 Å². The van der Waals surface area contributed by atoms with Crippen molar-refractivity contribution in [3.63, 3.8) is 0 Å². The first kappa shape index (κ1) is 16.3. The summed E-state index contributed by atoms with van der Waals surface area (Å²) in [5.74, 6) is -0.404. The topological polar surface area (TPSA) is 108 Å². The van der Waals surface area contributed by atoms with E-state index in [1.54, 1.807) is 6.92 Å². The molecule has 0 saturated carbocycles. The first-order valence-corrected chi connectivity index (χ1v) is 6.22. The van der Waals surface area contributed by atoms with Crippen LogP contribution in [-0.2, 0) is 14.3 Å². The Balaban J connectivity index is 2.68. The van der Waals surface area contributed by atoms with Gasteiger partial charge in [-0.25, -0.2) is 0 Å². The molecule has 0 radical (unpaired) electrons. The zero-order valence-corrected chi connectivity index (χ0v) is 11.7. The van der Waals surface area contributed by atoms with Gasteiger partial charge in [0, 0.05) is 7.11 Å². The highest BCUT2D eigenvalue weighted by molar-refractivity contribution is 5.77. The Morgan fingerprint density at radius 3 is 2.47 bits per heavy atom. The molecule has 1 rings (SSSR count). The lowest BCUT2D eigenvalue weighted by Crippen LogP contribution is -2.63. The number of carbonyl (C=O) groups excluding carboxylic acids is 1. The third-order valence-corrected chi connectivity index (χ3v) is 3.04. The van der Waals surface area contributed by atoms with Crippen molar-refractivity contribution in [1.29, 1.82) is 0 Å². The van der Waals surface area contributed by atoms with Crippen LogP contribution in [0, 0.1) is 0 Å². The number of hydrogen-bond donors (Lipinski definition) is 4. The molecule has 112 valence electrons.